The van der Waals surface area contributed by atoms with Gasteiger partial charge in [0.2, 0.25) is 10.9 Å². The van der Waals surface area contributed by atoms with Crippen molar-refractivity contribution in [3.63, 3.8) is 0 Å². The van der Waals surface area contributed by atoms with Gasteiger partial charge in [0.25, 0.3) is 0 Å². The van der Waals surface area contributed by atoms with E-state index in [-0.39, 0.29) is 0 Å². The summed E-state index contributed by atoms with van der Waals surface area (Å²) in [4.78, 5) is 0. The van der Waals surface area contributed by atoms with Gasteiger partial charge in [-0.2, -0.15) is 0 Å². The van der Waals surface area contributed by atoms with E-state index in [1.807, 2.05) is 60.7 Å². The van der Waals surface area contributed by atoms with Crippen LogP contribution in [0.5, 0.6) is 11.5 Å². The van der Waals surface area contributed by atoms with Gasteiger partial charge < -0.3 is 9.05 Å². The standard InChI is InChI=1S/C24H16O2P2S3/c29-27(23-15-7-3-11-19(23)17-9-1-5-13-21(17)25-27)31-28(30)24-16-8-4-12-20(24)18-10-2-6-14-22(18)26-28/h1-16H. The summed E-state index contributed by atoms with van der Waals surface area (Å²) in [5.41, 5.74) is -0.719. The molecular weight excluding hydrogens is 478 g/mol. The van der Waals surface area contributed by atoms with Crippen LogP contribution < -0.4 is 19.7 Å². The minimum Gasteiger partial charge on any atom is -0.452 e. The van der Waals surface area contributed by atoms with Crippen LogP contribution in [0.15, 0.2) is 97.1 Å². The number of rotatable bonds is 2. The van der Waals surface area contributed by atoms with Crippen LogP contribution in [0.2, 0.25) is 0 Å². The van der Waals surface area contributed by atoms with Crippen molar-refractivity contribution >= 4 is 56.2 Å². The van der Waals surface area contributed by atoms with E-state index in [1.165, 1.54) is 0 Å². The molecule has 2 aliphatic rings. The predicted octanol–water partition coefficient (Wildman–Crippen LogP) is 7.11. The minimum absolute atomic E-state index is 0.823. The largest absolute Gasteiger partial charge is 0.452 e. The zero-order chi connectivity index (χ0) is 21.1. The molecule has 152 valence electrons. The molecule has 0 aliphatic carbocycles. The van der Waals surface area contributed by atoms with E-state index < -0.39 is 10.9 Å². The zero-order valence-corrected chi connectivity index (χ0v) is 20.4. The molecule has 4 aromatic rings. The lowest BCUT2D eigenvalue weighted by atomic mass is 10.0. The molecule has 7 heteroatoms. The van der Waals surface area contributed by atoms with Gasteiger partial charge in [-0.1, -0.05) is 72.8 Å². The molecule has 0 radical (unpaired) electrons. The van der Waals surface area contributed by atoms with Crippen molar-refractivity contribution in [1.29, 1.82) is 0 Å². The Bertz CT molecular complexity index is 1340. The molecule has 0 spiro atoms. The van der Waals surface area contributed by atoms with E-state index in [0.29, 0.717) is 0 Å². The maximum Gasteiger partial charge on any atom is 0.205 e. The molecule has 2 unspecified atom stereocenters. The van der Waals surface area contributed by atoms with E-state index in [2.05, 4.69) is 36.4 Å². The summed E-state index contributed by atoms with van der Waals surface area (Å²) in [6.45, 7) is 0. The monoisotopic (exact) mass is 494 g/mol. The van der Waals surface area contributed by atoms with Gasteiger partial charge in [-0.3, -0.25) is 0 Å². The Labute approximate surface area is 195 Å². The van der Waals surface area contributed by atoms with Crippen molar-refractivity contribution in [2.24, 2.45) is 0 Å². The zero-order valence-electron chi connectivity index (χ0n) is 16.2. The average Bonchev–Trinajstić information content (AvgIpc) is 2.79. The SMILES string of the molecule is S=P1(SP2(=S)Oc3ccccc3-c3ccccc32)Oc2ccccc2-c2ccccc21. The van der Waals surface area contributed by atoms with Gasteiger partial charge in [0.05, 0.1) is 0 Å². The Hall–Kier alpha value is -1.87. The maximum atomic E-state index is 6.59. The lowest BCUT2D eigenvalue weighted by Crippen LogP contribution is -2.19. The first kappa shape index (κ1) is 19.8. The van der Waals surface area contributed by atoms with Crippen LogP contribution in [0.3, 0.4) is 0 Å². The summed E-state index contributed by atoms with van der Waals surface area (Å²) in [7, 11) is 0. The topological polar surface area (TPSA) is 18.5 Å². The fourth-order valence-electron chi connectivity index (χ4n) is 4.04. The highest BCUT2D eigenvalue weighted by Crippen LogP contribution is 2.79. The second kappa shape index (κ2) is 7.33. The lowest BCUT2D eigenvalue weighted by Gasteiger charge is -2.37. The first-order valence-corrected chi connectivity index (χ1v) is 17.2. The van der Waals surface area contributed by atoms with Crippen LogP contribution >= 0.6 is 21.9 Å². The van der Waals surface area contributed by atoms with E-state index >= 15 is 0 Å². The molecule has 2 atom stereocenters. The molecule has 0 saturated carbocycles. The number of hydrogen-bond acceptors (Lipinski definition) is 5. The third kappa shape index (κ3) is 3.15. The number of fused-ring (bicyclic) bond motifs is 6. The van der Waals surface area contributed by atoms with Crippen molar-refractivity contribution in [2.75, 3.05) is 0 Å². The molecule has 2 heterocycles. The lowest BCUT2D eigenvalue weighted by molar-refractivity contribution is 0.629. The van der Waals surface area contributed by atoms with Crippen molar-refractivity contribution in [1.82, 2.24) is 0 Å². The van der Waals surface area contributed by atoms with Crippen molar-refractivity contribution in [3.05, 3.63) is 97.1 Å². The van der Waals surface area contributed by atoms with Crippen LogP contribution in [0.4, 0.5) is 0 Å². The number of hydrogen-bond donors (Lipinski definition) is 0. The van der Waals surface area contributed by atoms with Crippen molar-refractivity contribution in [2.45, 2.75) is 0 Å². The first-order valence-electron chi connectivity index (χ1n) is 9.76. The van der Waals surface area contributed by atoms with Gasteiger partial charge in [-0.15, -0.1) is 0 Å². The Balaban J connectivity index is 1.52. The van der Waals surface area contributed by atoms with Crippen LogP contribution in [0.1, 0.15) is 0 Å². The average molecular weight is 495 g/mol. The quantitative estimate of drug-likeness (QED) is 0.276. The highest BCUT2D eigenvalue weighted by Gasteiger charge is 2.42. The molecule has 2 nitrogen and oxygen atoms in total. The third-order valence-corrected chi connectivity index (χ3v) is 20.7. The van der Waals surface area contributed by atoms with Crippen LogP contribution in [0, 0.1) is 0 Å². The van der Waals surface area contributed by atoms with Crippen molar-refractivity contribution < 1.29 is 9.05 Å². The summed E-state index contributed by atoms with van der Waals surface area (Å²) in [6, 6.07) is 32.7. The summed E-state index contributed by atoms with van der Waals surface area (Å²) in [5.74, 6) is 1.65. The van der Waals surface area contributed by atoms with Gasteiger partial charge in [0.15, 0.2) is 0 Å². The second-order valence-electron chi connectivity index (χ2n) is 7.29. The summed E-state index contributed by atoms with van der Waals surface area (Å²) < 4.78 is 13.2. The fourth-order valence-corrected chi connectivity index (χ4v) is 22.5. The smallest absolute Gasteiger partial charge is 0.205 e. The Morgan fingerprint density at radius 1 is 0.484 bits per heavy atom. The van der Waals surface area contributed by atoms with Crippen molar-refractivity contribution in [3.8, 4) is 33.8 Å². The molecule has 2 aliphatic heterocycles. The summed E-state index contributed by atoms with van der Waals surface area (Å²) >= 11 is 14.2. The summed E-state index contributed by atoms with van der Waals surface area (Å²) in [5, 5.41) is 2.11. The normalized spacial score (nSPS) is 22.7. The Morgan fingerprint density at radius 3 is 1.29 bits per heavy atom. The molecule has 0 bridgehead atoms. The second-order valence-corrected chi connectivity index (χ2v) is 20.3. The van der Waals surface area contributed by atoms with Gasteiger partial charge >= 0.3 is 0 Å². The number of para-hydroxylation sites is 2. The van der Waals surface area contributed by atoms with E-state index in [9.17, 15) is 0 Å². The Kier molecular flexibility index (Phi) is 4.68. The van der Waals surface area contributed by atoms with Gasteiger partial charge in [0, 0.05) is 21.7 Å². The number of benzene rings is 4. The first-order chi connectivity index (χ1) is 15.1. The van der Waals surface area contributed by atoms with Crippen LogP contribution in [0.25, 0.3) is 22.3 Å². The molecule has 0 aromatic heterocycles. The van der Waals surface area contributed by atoms with Gasteiger partial charge in [-0.25, -0.2) is 0 Å². The maximum absolute atomic E-state index is 6.59. The molecular formula is C24H16O2P2S3. The molecule has 6 rings (SSSR count). The van der Waals surface area contributed by atoms with Crippen LogP contribution in [-0.4, -0.2) is 0 Å². The molecule has 31 heavy (non-hydrogen) atoms. The molecule has 0 N–H and O–H groups in total. The van der Waals surface area contributed by atoms with Crippen LogP contribution in [-0.2, 0) is 23.6 Å². The van der Waals surface area contributed by atoms with E-state index in [0.717, 1.165) is 44.4 Å². The van der Waals surface area contributed by atoms with Gasteiger partial charge in [-0.05, 0) is 70.0 Å². The van der Waals surface area contributed by atoms with E-state index in [4.69, 9.17) is 32.7 Å². The minimum atomic E-state index is -2.57. The third-order valence-electron chi connectivity index (χ3n) is 5.40. The molecule has 0 amide bonds. The van der Waals surface area contributed by atoms with E-state index in [1.54, 1.807) is 11.0 Å². The highest BCUT2D eigenvalue weighted by molar-refractivity contribution is 9.00. The molecule has 4 aromatic carbocycles. The fraction of sp³-hybridized carbons (Fsp3) is 0. The summed E-state index contributed by atoms with van der Waals surface area (Å²) in [6.07, 6.45) is 0. The molecule has 0 fully saturated rings. The Morgan fingerprint density at radius 2 is 0.839 bits per heavy atom. The molecule has 0 saturated heterocycles. The van der Waals surface area contributed by atoms with Gasteiger partial charge in [0.1, 0.15) is 11.5 Å². The predicted molar refractivity (Wildman–Crippen MR) is 140 cm³/mol. The highest BCUT2D eigenvalue weighted by atomic mass is 33.2.